The van der Waals surface area contributed by atoms with Crippen molar-refractivity contribution >= 4 is 5.78 Å². The van der Waals surface area contributed by atoms with Gasteiger partial charge in [0.25, 0.3) is 0 Å². The van der Waals surface area contributed by atoms with Gasteiger partial charge in [-0.3, -0.25) is 4.79 Å². The summed E-state index contributed by atoms with van der Waals surface area (Å²) in [6.45, 7) is 7.74. The molecule has 0 unspecified atom stereocenters. The highest BCUT2D eigenvalue weighted by atomic mass is 16.1. The normalized spacial score (nSPS) is 10.8. The Bertz CT molecular complexity index is 154. The van der Waals surface area contributed by atoms with Crippen molar-refractivity contribution in [3.8, 4) is 0 Å². The zero-order valence-corrected chi connectivity index (χ0v) is 7.34. The first kappa shape index (κ1) is 10.2. The fourth-order valence-corrected chi connectivity index (χ4v) is 0.682. The van der Waals surface area contributed by atoms with Crippen LogP contribution < -0.4 is 0 Å². The van der Waals surface area contributed by atoms with Crippen molar-refractivity contribution in [3.05, 3.63) is 24.8 Å². The molecular formula is C10H16O. The highest BCUT2D eigenvalue weighted by Crippen LogP contribution is 2.00. The molecular weight excluding hydrogens is 136 g/mol. The maximum atomic E-state index is 10.9. The van der Waals surface area contributed by atoms with Crippen molar-refractivity contribution in [3.63, 3.8) is 0 Å². The minimum Gasteiger partial charge on any atom is -0.295 e. The second-order valence-electron chi connectivity index (χ2n) is 2.99. The number of hydrogen-bond acceptors (Lipinski definition) is 1. The summed E-state index contributed by atoms with van der Waals surface area (Å²) in [6.07, 6.45) is 6.62. The summed E-state index contributed by atoms with van der Waals surface area (Å²) in [6, 6.07) is 0. The molecule has 0 radical (unpaired) electrons. The van der Waals surface area contributed by atoms with Crippen LogP contribution in [0.5, 0.6) is 0 Å². The van der Waals surface area contributed by atoms with Crippen LogP contribution in [-0.2, 0) is 4.79 Å². The third-order valence-corrected chi connectivity index (χ3v) is 1.26. The number of ketones is 1. The van der Waals surface area contributed by atoms with Gasteiger partial charge in [-0.15, -0.1) is 6.58 Å². The van der Waals surface area contributed by atoms with Crippen LogP contribution in [0, 0.1) is 5.92 Å². The summed E-state index contributed by atoms with van der Waals surface area (Å²) in [4.78, 5) is 10.9. The van der Waals surface area contributed by atoms with E-state index in [0.29, 0.717) is 12.3 Å². The van der Waals surface area contributed by atoms with E-state index in [0.717, 1.165) is 6.42 Å². The minimum atomic E-state index is 0.139. The quantitative estimate of drug-likeness (QED) is 0.437. The number of carbonyl (C=O) groups is 1. The molecule has 0 fully saturated rings. The van der Waals surface area contributed by atoms with E-state index in [1.165, 1.54) is 0 Å². The molecule has 0 aliphatic rings. The van der Waals surface area contributed by atoms with Gasteiger partial charge >= 0.3 is 0 Å². The Balaban J connectivity index is 3.56. The molecule has 1 nitrogen and oxygen atoms in total. The molecule has 0 saturated heterocycles. The number of hydrogen-bond donors (Lipinski definition) is 0. The largest absolute Gasteiger partial charge is 0.295 e. The van der Waals surface area contributed by atoms with Crippen LogP contribution in [0.15, 0.2) is 24.8 Å². The second-order valence-corrected chi connectivity index (χ2v) is 2.99. The van der Waals surface area contributed by atoms with E-state index in [4.69, 9.17) is 0 Å². The van der Waals surface area contributed by atoms with Crippen LogP contribution in [-0.4, -0.2) is 5.78 Å². The Morgan fingerprint density at radius 3 is 2.64 bits per heavy atom. The van der Waals surface area contributed by atoms with Crippen molar-refractivity contribution in [2.24, 2.45) is 5.92 Å². The van der Waals surface area contributed by atoms with E-state index >= 15 is 0 Å². The standard InChI is InChI=1S/C10H16O/c1-4-6-10(11)8-5-7-9(2)3/h4-5,8-9H,1,6-7H2,2-3H3/b8-5+. The van der Waals surface area contributed by atoms with Gasteiger partial charge in [-0.1, -0.05) is 26.0 Å². The molecule has 0 amide bonds. The third kappa shape index (κ3) is 7.04. The molecule has 0 aromatic carbocycles. The third-order valence-electron chi connectivity index (χ3n) is 1.26. The lowest BCUT2D eigenvalue weighted by Crippen LogP contribution is -1.89. The number of allylic oxidation sites excluding steroid dienone is 3. The minimum absolute atomic E-state index is 0.139. The zero-order valence-electron chi connectivity index (χ0n) is 7.34. The molecule has 0 atom stereocenters. The lowest BCUT2D eigenvalue weighted by Gasteiger charge is -1.95. The molecule has 0 rings (SSSR count). The van der Waals surface area contributed by atoms with Gasteiger partial charge in [0.1, 0.15) is 0 Å². The Morgan fingerprint density at radius 2 is 2.18 bits per heavy atom. The SMILES string of the molecule is C=CCC(=O)/C=C/CC(C)C. The predicted molar refractivity (Wildman–Crippen MR) is 48.4 cm³/mol. The molecule has 0 aromatic rings. The fraction of sp³-hybridized carbons (Fsp3) is 0.500. The highest BCUT2D eigenvalue weighted by Gasteiger charge is 1.91. The maximum Gasteiger partial charge on any atom is 0.159 e. The van der Waals surface area contributed by atoms with Crippen LogP contribution in [0.2, 0.25) is 0 Å². The van der Waals surface area contributed by atoms with E-state index in [2.05, 4.69) is 20.4 Å². The summed E-state index contributed by atoms with van der Waals surface area (Å²) >= 11 is 0. The molecule has 1 heteroatoms. The van der Waals surface area contributed by atoms with E-state index in [1.54, 1.807) is 12.2 Å². The van der Waals surface area contributed by atoms with Crippen molar-refractivity contribution in [2.75, 3.05) is 0 Å². The smallest absolute Gasteiger partial charge is 0.159 e. The molecule has 0 aliphatic heterocycles. The van der Waals surface area contributed by atoms with E-state index < -0.39 is 0 Å². The zero-order chi connectivity index (χ0) is 8.69. The van der Waals surface area contributed by atoms with Gasteiger partial charge in [0.15, 0.2) is 5.78 Å². The van der Waals surface area contributed by atoms with Gasteiger partial charge in [0.2, 0.25) is 0 Å². The van der Waals surface area contributed by atoms with Crippen LogP contribution in [0.4, 0.5) is 0 Å². The van der Waals surface area contributed by atoms with Crippen molar-refractivity contribution in [1.82, 2.24) is 0 Å². The van der Waals surface area contributed by atoms with Gasteiger partial charge < -0.3 is 0 Å². The number of carbonyl (C=O) groups excluding carboxylic acids is 1. The Morgan fingerprint density at radius 1 is 1.55 bits per heavy atom. The van der Waals surface area contributed by atoms with Crippen LogP contribution in [0.25, 0.3) is 0 Å². The first-order chi connectivity index (χ1) is 5.16. The van der Waals surface area contributed by atoms with Crippen molar-refractivity contribution in [2.45, 2.75) is 26.7 Å². The van der Waals surface area contributed by atoms with Gasteiger partial charge in [-0.05, 0) is 18.4 Å². The predicted octanol–water partition coefficient (Wildman–Crippen LogP) is 2.73. The average molecular weight is 152 g/mol. The lowest BCUT2D eigenvalue weighted by atomic mass is 10.1. The van der Waals surface area contributed by atoms with Crippen LogP contribution in [0.3, 0.4) is 0 Å². The molecule has 0 saturated carbocycles. The van der Waals surface area contributed by atoms with Crippen molar-refractivity contribution < 1.29 is 4.79 Å². The highest BCUT2D eigenvalue weighted by molar-refractivity contribution is 5.90. The topological polar surface area (TPSA) is 17.1 Å². The van der Waals surface area contributed by atoms with Gasteiger partial charge in [0, 0.05) is 6.42 Å². The summed E-state index contributed by atoms with van der Waals surface area (Å²) in [5.74, 6) is 0.767. The Hall–Kier alpha value is -0.850. The molecule has 0 aliphatic carbocycles. The molecule has 0 bridgehead atoms. The molecule has 0 spiro atoms. The van der Waals surface area contributed by atoms with E-state index in [1.807, 2.05) is 6.08 Å². The molecule has 0 N–H and O–H groups in total. The first-order valence-electron chi connectivity index (χ1n) is 3.97. The lowest BCUT2D eigenvalue weighted by molar-refractivity contribution is -0.113. The summed E-state index contributed by atoms with van der Waals surface area (Å²) in [5.41, 5.74) is 0. The molecule has 11 heavy (non-hydrogen) atoms. The summed E-state index contributed by atoms with van der Waals surface area (Å²) in [5, 5.41) is 0. The molecule has 0 heterocycles. The summed E-state index contributed by atoms with van der Waals surface area (Å²) in [7, 11) is 0. The van der Waals surface area contributed by atoms with Crippen LogP contribution in [0.1, 0.15) is 26.7 Å². The number of rotatable bonds is 5. The fourth-order valence-electron chi connectivity index (χ4n) is 0.682. The maximum absolute atomic E-state index is 10.9. The second kappa shape index (κ2) is 5.90. The van der Waals surface area contributed by atoms with E-state index in [9.17, 15) is 4.79 Å². The monoisotopic (exact) mass is 152 g/mol. The summed E-state index contributed by atoms with van der Waals surface area (Å²) < 4.78 is 0. The van der Waals surface area contributed by atoms with E-state index in [-0.39, 0.29) is 5.78 Å². The van der Waals surface area contributed by atoms with Gasteiger partial charge in [-0.2, -0.15) is 0 Å². The van der Waals surface area contributed by atoms with Crippen molar-refractivity contribution in [1.29, 1.82) is 0 Å². The van der Waals surface area contributed by atoms with Gasteiger partial charge in [0.05, 0.1) is 0 Å². The van der Waals surface area contributed by atoms with Gasteiger partial charge in [-0.25, -0.2) is 0 Å². The Kier molecular flexibility index (Phi) is 5.44. The Labute approximate surface area is 68.8 Å². The average Bonchev–Trinajstić information content (AvgIpc) is 1.87. The van der Waals surface area contributed by atoms with Crippen LogP contribution >= 0.6 is 0 Å². The first-order valence-corrected chi connectivity index (χ1v) is 3.97. The molecule has 0 aromatic heterocycles. The molecule has 62 valence electrons.